The van der Waals surface area contributed by atoms with Gasteiger partial charge in [-0.3, -0.25) is 4.90 Å². The molecule has 3 rings (SSSR count). The van der Waals surface area contributed by atoms with Crippen LogP contribution in [0.5, 0.6) is 5.75 Å². The van der Waals surface area contributed by atoms with E-state index in [1.54, 1.807) is 7.11 Å². The van der Waals surface area contributed by atoms with Gasteiger partial charge in [-0.2, -0.15) is 0 Å². The summed E-state index contributed by atoms with van der Waals surface area (Å²) in [5, 5.41) is 0. The molecule has 2 N–H and O–H groups in total. The lowest BCUT2D eigenvalue weighted by atomic mass is 9.95. The van der Waals surface area contributed by atoms with Crippen molar-refractivity contribution in [1.82, 2.24) is 4.90 Å². The maximum absolute atomic E-state index is 6.34. The average Bonchev–Trinajstić information content (AvgIpc) is 2.89. The van der Waals surface area contributed by atoms with Crippen molar-refractivity contribution in [2.24, 2.45) is 5.73 Å². The summed E-state index contributed by atoms with van der Waals surface area (Å²) in [7, 11) is 1.70. The van der Waals surface area contributed by atoms with E-state index in [2.05, 4.69) is 47.4 Å². The summed E-state index contributed by atoms with van der Waals surface area (Å²) in [4.78, 5) is 2.43. The van der Waals surface area contributed by atoms with Gasteiger partial charge in [-0.25, -0.2) is 0 Å². The van der Waals surface area contributed by atoms with E-state index in [0.717, 1.165) is 25.4 Å². The molecule has 1 saturated heterocycles. The molecule has 4 heteroatoms. The van der Waals surface area contributed by atoms with Gasteiger partial charge in [-0.05, 0) is 23.3 Å². The van der Waals surface area contributed by atoms with Gasteiger partial charge in [0.25, 0.3) is 0 Å². The molecule has 3 nitrogen and oxygen atoms in total. The molecule has 2 aromatic rings. The maximum atomic E-state index is 6.34. The number of rotatable bonds is 4. The highest BCUT2D eigenvalue weighted by molar-refractivity contribution is 5.85. The van der Waals surface area contributed by atoms with Crippen molar-refractivity contribution >= 4 is 12.4 Å². The number of nitrogens with zero attached hydrogens (tertiary/aromatic N) is 1. The Morgan fingerprint density at radius 2 is 1.86 bits per heavy atom. The zero-order chi connectivity index (χ0) is 14.7. The summed E-state index contributed by atoms with van der Waals surface area (Å²) in [5.41, 5.74) is 8.96. The van der Waals surface area contributed by atoms with Crippen LogP contribution in [0.4, 0.5) is 0 Å². The van der Waals surface area contributed by atoms with Gasteiger partial charge in [-0.15, -0.1) is 12.4 Å². The predicted molar refractivity (Wildman–Crippen MR) is 92.7 cm³/mol. The highest BCUT2D eigenvalue weighted by Gasteiger charge is 2.30. The molecule has 0 aromatic heterocycles. The smallest absolute Gasteiger partial charge is 0.119 e. The van der Waals surface area contributed by atoms with Crippen LogP contribution in [-0.4, -0.2) is 31.1 Å². The molecule has 0 amide bonds. The van der Waals surface area contributed by atoms with E-state index in [4.69, 9.17) is 10.5 Å². The van der Waals surface area contributed by atoms with E-state index in [1.165, 1.54) is 11.1 Å². The first kappa shape index (κ1) is 16.8. The van der Waals surface area contributed by atoms with Crippen LogP contribution in [-0.2, 0) is 6.54 Å². The molecule has 2 aromatic carbocycles. The van der Waals surface area contributed by atoms with Crippen LogP contribution in [0, 0.1) is 0 Å². The van der Waals surface area contributed by atoms with Gasteiger partial charge in [-0.1, -0.05) is 42.5 Å². The number of methoxy groups -OCH3 is 1. The minimum Gasteiger partial charge on any atom is -0.497 e. The van der Waals surface area contributed by atoms with Crippen molar-refractivity contribution in [3.63, 3.8) is 0 Å². The Morgan fingerprint density at radius 3 is 2.59 bits per heavy atom. The molecule has 1 aliphatic rings. The molecule has 0 aliphatic carbocycles. The number of halogens is 1. The van der Waals surface area contributed by atoms with Gasteiger partial charge in [0.05, 0.1) is 7.11 Å². The molecule has 22 heavy (non-hydrogen) atoms. The van der Waals surface area contributed by atoms with Crippen molar-refractivity contribution in [3.05, 3.63) is 65.7 Å². The van der Waals surface area contributed by atoms with Crippen LogP contribution in [0.15, 0.2) is 54.6 Å². The zero-order valence-corrected chi connectivity index (χ0v) is 13.6. The molecule has 1 fully saturated rings. The third-order valence-corrected chi connectivity index (χ3v) is 4.21. The van der Waals surface area contributed by atoms with E-state index in [1.807, 2.05) is 12.1 Å². The third kappa shape index (κ3) is 3.80. The van der Waals surface area contributed by atoms with E-state index in [0.29, 0.717) is 5.92 Å². The summed E-state index contributed by atoms with van der Waals surface area (Å²) in [6.07, 6.45) is 0. The number of hydrogen-bond donors (Lipinski definition) is 1. The summed E-state index contributed by atoms with van der Waals surface area (Å²) >= 11 is 0. The van der Waals surface area contributed by atoms with Crippen molar-refractivity contribution < 1.29 is 4.74 Å². The Morgan fingerprint density at radius 1 is 1.09 bits per heavy atom. The summed E-state index contributed by atoms with van der Waals surface area (Å²) in [6.45, 7) is 2.88. The fourth-order valence-corrected chi connectivity index (χ4v) is 3.12. The fourth-order valence-electron chi connectivity index (χ4n) is 3.12. The van der Waals surface area contributed by atoms with Crippen molar-refractivity contribution in [3.8, 4) is 5.75 Å². The SMILES string of the molecule is COc1cccc(CN2C[C@@H](N)[C@H](c3ccccc3)C2)c1.Cl. The molecule has 1 heterocycles. The molecule has 0 unspecified atom stereocenters. The van der Waals surface area contributed by atoms with Crippen LogP contribution < -0.4 is 10.5 Å². The first-order valence-corrected chi connectivity index (χ1v) is 7.42. The molecular weight excluding hydrogens is 296 g/mol. The van der Waals surface area contributed by atoms with E-state index in [9.17, 15) is 0 Å². The van der Waals surface area contributed by atoms with Gasteiger partial charge < -0.3 is 10.5 Å². The van der Waals surface area contributed by atoms with E-state index in [-0.39, 0.29) is 18.4 Å². The minimum atomic E-state index is 0. The first-order chi connectivity index (χ1) is 10.3. The monoisotopic (exact) mass is 318 g/mol. The first-order valence-electron chi connectivity index (χ1n) is 7.42. The molecular formula is C18H23ClN2O. The van der Waals surface area contributed by atoms with Crippen LogP contribution in [0.2, 0.25) is 0 Å². The Hall–Kier alpha value is -1.55. The molecule has 0 bridgehead atoms. The summed E-state index contributed by atoms with van der Waals surface area (Å²) in [6, 6.07) is 19.1. The molecule has 0 saturated carbocycles. The van der Waals surface area contributed by atoms with Gasteiger partial charge >= 0.3 is 0 Å². The normalized spacial score (nSPS) is 21.4. The average molecular weight is 319 g/mol. The summed E-state index contributed by atoms with van der Waals surface area (Å²) in [5.74, 6) is 1.34. The number of ether oxygens (including phenoxy) is 1. The standard InChI is InChI=1S/C18H22N2O.ClH/c1-21-16-9-5-6-14(10-16)11-20-12-17(18(19)13-20)15-7-3-2-4-8-15;/h2-10,17-18H,11-13,19H2,1H3;1H/t17-,18+;/m0./s1. The lowest BCUT2D eigenvalue weighted by molar-refractivity contribution is 0.323. The second kappa shape index (κ2) is 7.63. The minimum absolute atomic E-state index is 0. The van der Waals surface area contributed by atoms with Crippen molar-refractivity contribution in [2.75, 3.05) is 20.2 Å². The predicted octanol–water partition coefficient (Wildman–Crippen LogP) is 3.04. The molecule has 1 aliphatic heterocycles. The number of hydrogen-bond acceptors (Lipinski definition) is 3. The Kier molecular flexibility index (Phi) is 5.83. The van der Waals surface area contributed by atoms with Crippen LogP contribution in [0.25, 0.3) is 0 Å². The zero-order valence-electron chi connectivity index (χ0n) is 12.8. The Labute approximate surface area is 138 Å². The lowest BCUT2D eigenvalue weighted by Crippen LogP contribution is -2.28. The molecule has 118 valence electrons. The van der Waals surface area contributed by atoms with Gasteiger partial charge in [0.2, 0.25) is 0 Å². The second-order valence-corrected chi connectivity index (χ2v) is 5.73. The van der Waals surface area contributed by atoms with Crippen LogP contribution in [0.1, 0.15) is 17.0 Å². The molecule has 0 spiro atoms. The van der Waals surface area contributed by atoms with Crippen molar-refractivity contribution in [1.29, 1.82) is 0 Å². The quantitative estimate of drug-likeness (QED) is 0.941. The Balaban J connectivity index is 0.00000176. The van der Waals surface area contributed by atoms with Gasteiger partial charge in [0, 0.05) is 31.6 Å². The highest BCUT2D eigenvalue weighted by atomic mass is 35.5. The largest absolute Gasteiger partial charge is 0.497 e. The lowest BCUT2D eigenvalue weighted by Gasteiger charge is -2.16. The molecule has 0 radical (unpaired) electrons. The van der Waals surface area contributed by atoms with Crippen molar-refractivity contribution in [2.45, 2.75) is 18.5 Å². The van der Waals surface area contributed by atoms with E-state index >= 15 is 0 Å². The maximum Gasteiger partial charge on any atom is 0.119 e. The van der Waals surface area contributed by atoms with E-state index < -0.39 is 0 Å². The number of benzene rings is 2. The molecule has 2 atom stereocenters. The second-order valence-electron chi connectivity index (χ2n) is 5.73. The highest BCUT2D eigenvalue weighted by Crippen LogP contribution is 2.27. The van der Waals surface area contributed by atoms with Gasteiger partial charge in [0.15, 0.2) is 0 Å². The number of likely N-dealkylation sites (tertiary alicyclic amines) is 1. The fraction of sp³-hybridized carbons (Fsp3) is 0.333. The van der Waals surface area contributed by atoms with Crippen LogP contribution in [0.3, 0.4) is 0 Å². The summed E-state index contributed by atoms with van der Waals surface area (Å²) < 4.78 is 5.29. The third-order valence-electron chi connectivity index (χ3n) is 4.21. The van der Waals surface area contributed by atoms with Gasteiger partial charge in [0.1, 0.15) is 5.75 Å². The van der Waals surface area contributed by atoms with Crippen LogP contribution >= 0.6 is 12.4 Å². The Bertz CT molecular complexity index is 591. The number of nitrogens with two attached hydrogens (primary N) is 1. The topological polar surface area (TPSA) is 38.5 Å².